The van der Waals surface area contributed by atoms with E-state index in [9.17, 15) is 4.79 Å². The van der Waals surface area contributed by atoms with Crippen LogP contribution in [0.15, 0.2) is 53.7 Å². The number of aryl methyl sites for hydroxylation is 2. The van der Waals surface area contributed by atoms with E-state index in [1.54, 1.807) is 6.07 Å². The van der Waals surface area contributed by atoms with Gasteiger partial charge in [0.05, 0.1) is 6.04 Å². The largest absolute Gasteiger partial charge is 0.325 e. The van der Waals surface area contributed by atoms with Crippen LogP contribution in [0.25, 0.3) is 0 Å². The van der Waals surface area contributed by atoms with Gasteiger partial charge in [-0.25, -0.2) is 4.68 Å². The number of hydrogen-bond donors (Lipinski definition) is 2. The minimum absolute atomic E-state index is 0.107. The predicted molar refractivity (Wildman–Crippen MR) is 112 cm³/mol. The third kappa shape index (κ3) is 3.59. The first kappa shape index (κ1) is 18.8. The summed E-state index contributed by atoms with van der Waals surface area (Å²) in [6, 6.07) is 15.2. The maximum absolute atomic E-state index is 13.2. The van der Waals surface area contributed by atoms with Crippen LogP contribution in [0.2, 0.25) is 5.02 Å². The maximum atomic E-state index is 13.2. The number of rotatable bonds is 4. The van der Waals surface area contributed by atoms with Crippen LogP contribution < -0.4 is 10.7 Å². The Hall–Kier alpha value is -2.51. The van der Waals surface area contributed by atoms with Crippen LogP contribution in [0.5, 0.6) is 0 Å². The Morgan fingerprint density at radius 2 is 2.04 bits per heavy atom. The standard InChI is InChI=1S/C20H20ClN5OS/c1-3-16-23-24-20-26(16)25-17(13-7-5-4-6-8-13)18(28-20)19(27)22-15-11-14(21)10-9-12(15)2/h4-11,17-18,25H,3H2,1-2H3,(H,22,27)/t17-,18-/m0/s1. The number of hydrogen-bond acceptors (Lipinski definition) is 5. The van der Waals surface area contributed by atoms with Crippen LogP contribution in [0.1, 0.15) is 29.9 Å². The molecule has 1 aromatic heterocycles. The van der Waals surface area contributed by atoms with Crippen molar-refractivity contribution >= 4 is 35.0 Å². The molecule has 0 unspecified atom stereocenters. The monoisotopic (exact) mass is 413 g/mol. The van der Waals surface area contributed by atoms with Gasteiger partial charge in [-0.15, -0.1) is 10.2 Å². The number of carbonyl (C=O) groups is 1. The molecule has 4 rings (SSSR count). The molecule has 2 heterocycles. The Labute approximate surface area is 172 Å². The van der Waals surface area contributed by atoms with Crippen LogP contribution >= 0.6 is 23.4 Å². The lowest BCUT2D eigenvalue weighted by atomic mass is 10.0. The van der Waals surface area contributed by atoms with E-state index in [-0.39, 0.29) is 11.9 Å². The molecular formula is C20H20ClN5OS. The van der Waals surface area contributed by atoms with Crippen molar-refractivity contribution in [3.05, 3.63) is 70.5 Å². The van der Waals surface area contributed by atoms with Crippen LogP contribution in [0, 0.1) is 6.92 Å². The molecule has 0 saturated heterocycles. The second-order valence-electron chi connectivity index (χ2n) is 6.59. The Bertz CT molecular complexity index is 1010. The van der Waals surface area contributed by atoms with Crippen molar-refractivity contribution in [2.45, 2.75) is 36.7 Å². The molecule has 0 fully saturated rings. The minimum atomic E-state index is -0.415. The average Bonchev–Trinajstić information content (AvgIpc) is 3.12. The number of nitrogens with one attached hydrogen (secondary N) is 2. The zero-order valence-corrected chi connectivity index (χ0v) is 17.1. The molecule has 1 aliphatic rings. The van der Waals surface area contributed by atoms with E-state index in [2.05, 4.69) is 20.9 Å². The molecule has 2 N–H and O–H groups in total. The SMILES string of the molecule is CCc1nnc2n1N[C@@H](c1ccccc1)[C@@H](C(=O)Nc1cc(Cl)ccc1C)S2. The van der Waals surface area contributed by atoms with Crippen molar-refractivity contribution in [2.24, 2.45) is 0 Å². The molecule has 8 heteroatoms. The lowest BCUT2D eigenvalue weighted by Crippen LogP contribution is -2.41. The fourth-order valence-corrected chi connectivity index (χ4v) is 4.44. The molecule has 144 valence electrons. The molecule has 2 aromatic carbocycles. The fourth-order valence-electron chi connectivity index (χ4n) is 3.17. The second kappa shape index (κ2) is 7.85. The van der Waals surface area contributed by atoms with Crippen molar-refractivity contribution < 1.29 is 4.79 Å². The van der Waals surface area contributed by atoms with Gasteiger partial charge in [-0.05, 0) is 30.2 Å². The first-order valence-electron chi connectivity index (χ1n) is 9.06. The number of fused-ring (bicyclic) bond motifs is 1. The van der Waals surface area contributed by atoms with Crippen LogP contribution in [0.3, 0.4) is 0 Å². The summed E-state index contributed by atoms with van der Waals surface area (Å²) in [4.78, 5) is 13.2. The van der Waals surface area contributed by atoms with Gasteiger partial charge in [0.15, 0.2) is 5.82 Å². The first-order chi connectivity index (χ1) is 13.6. The Kier molecular flexibility index (Phi) is 5.28. The lowest BCUT2D eigenvalue weighted by Gasteiger charge is -2.33. The highest BCUT2D eigenvalue weighted by atomic mass is 35.5. The summed E-state index contributed by atoms with van der Waals surface area (Å²) in [5.41, 5.74) is 6.14. The summed E-state index contributed by atoms with van der Waals surface area (Å²) >= 11 is 7.52. The van der Waals surface area contributed by atoms with Crippen molar-refractivity contribution in [3.63, 3.8) is 0 Å². The summed E-state index contributed by atoms with van der Waals surface area (Å²) in [6.07, 6.45) is 0.751. The van der Waals surface area contributed by atoms with Crippen LogP contribution in [-0.2, 0) is 11.2 Å². The van der Waals surface area contributed by atoms with E-state index in [1.165, 1.54) is 11.8 Å². The highest BCUT2D eigenvalue weighted by molar-refractivity contribution is 8.00. The van der Waals surface area contributed by atoms with E-state index in [0.717, 1.165) is 23.4 Å². The molecule has 0 spiro atoms. The van der Waals surface area contributed by atoms with E-state index in [0.29, 0.717) is 15.9 Å². The van der Waals surface area contributed by atoms with Crippen molar-refractivity contribution in [1.29, 1.82) is 0 Å². The molecule has 6 nitrogen and oxygen atoms in total. The summed E-state index contributed by atoms with van der Waals surface area (Å²) in [6.45, 7) is 3.97. The molecule has 0 bridgehead atoms. The molecule has 1 amide bonds. The first-order valence-corrected chi connectivity index (χ1v) is 10.3. The van der Waals surface area contributed by atoms with Gasteiger partial charge >= 0.3 is 0 Å². The normalized spacial score (nSPS) is 18.2. The van der Waals surface area contributed by atoms with Crippen molar-refractivity contribution in [1.82, 2.24) is 14.9 Å². The molecule has 3 aromatic rings. The third-order valence-electron chi connectivity index (χ3n) is 4.69. The summed E-state index contributed by atoms with van der Waals surface area (Å²) in [5.74, 6) is 0.733. The highest BCUT2D eigenvalue weighted by Crippen LogP contribution is 2.37. The zero-order valence-electron chi connectivity index (χ0n) is 15.5. The Morgan fingerprint density at radius 3 is 2.79 bits per heavy atom. The third-order valence-corrected chi connectivity index (χ3v) is 6.14. The van der Waals surface area contributed by atoms with Gasteiger partial charge in [0, 0.05) is 17.1 Å². The van der Waals surface area contributed by atoms with Crippen LogP contribution in [-0.4, -0.2) is 26.0 Å². The molecule has 0 radical (unpaired) electrons. The van der Waals surface area contributed by atoms with Gasteiger partial charge < -0.3 is 10.7 Å². The second-order valence-corrected chi connectivity index (χ2v) is 8.14. The maximum Gasteiger partial charge on any atom is 0.240 e. The van der Waals surface area contributed by atoms with Gasteiger partial charge in [0.1, 0.15) is 5.25 Å². The van der Waals surface area contributed by atoms with Crippen molar-refractivity contribution in [3.8, 4) is 0 Å². The van der Waals surface area contributed by atoms with E-state index in [4.69, 9.17) is 11.6 Å². The van der Waals surface area contributed by atoms with E-state index < -0.39 is 5.25 Å². The molecule has 2 atom stereocenters. The number of amides is 1. The van der Waals surface area contributed by atoms with E-state index >= 15 is 0 Å². The van der Waals surface area contributed by atoms with Gasteiger partial charge in [0.25, 0.3) is 0 Å². The number of nitrogens with zero attached hydrogens (tertiary/aromatic N) is 3. The zero-order chi connectivity index (χ0) is 19.7. The van der Waals surface area contributed by atoms with E-state index in [1.807, 2.05) is 61.0 Å². The molecule has 0 saturated carbocycles. The Balaban J connectivity index is 1.68. The number of carbonyl (C=O) groups excluding carboxylic acids is 1. The number of anilines is 1. The summed E-state index contributed by atoms with van der Waals surface area (Å²) < 4.78 is 1.89. The van der Waals surface area contributed by atoms with Gasteiger partial charge in [-0.2, -0.15) is 0 Å². The van der Waals surface area contributed by atoms with Crippen LogP contribution in [0.4, 0.5) is 5.69 Å². The minimum Gasteiger partial charge on any atom is -0.325 e. The average molecular weight is 414 g/mol. The molecular weight excluding hydrogens is 394 g/mol. The molecule has 28 heavy (non-hydrogen) atoms. The number of benzene rings is 2. The quantitative estimate of drug-likeness (QED) is 0.670. The fraction of sp³-hybridized carbons (Fsp3) is 0.250. The van der Waals surface area contributed by atoms with Crippen molar-refractivity contribution in [2.75, 3.05) is 10.7 Å². The topological polar surface area (TPSA) is 71.8 Å². The number of halogens is 1. The predicted octanol–water partition coefficient (Wildman–Crippen LogP) is 4.20. The lowest BCUT2D eigenvalue weighted by molar-refractivity contribution is -0.116. The van der Waals surface area contributed by atoms with Gasteiger partial charge in [-0.3, -0.25) is 4.79 Å². The smallest absolute Gasteiger partial charge is 0.240 e. The summed E-state index contributed by atoms with van der Waals surface area (Å²) in [7, 11) is 0. The number of aromatic nitrogens is 3. The number of thioether (sulfide) groups is 1. The summed E-state index contributed by atoms with van der Waals surface area (Å²) in [5, 5.41) is 12.4. The molecule has 1 aliphatic heterocycles. The van der Waals surface area contributed by atoms with Gasteiger partial charge in [-0.1, -0.05) is 66.7 Å². The molecule has 0 aliphatic carbocycles. The van der Waals surface area contributed by atoms with Gasteiger partial charge in [0.2, 0.25) is 11.1 Å². The Morgan fingerprint density at radius 1 is 1.25 bits per heavy atom. The highest BCUT2D eigenvalue weighted by Gasteiger charge is 2.37.